The van der Waals surface area contributed by atoms with E-state index >= 15 is 0 Å². The van der Waals surface area contributed by atoms with Gasteiger partial charge in [-0.25, -0.2) is 14.9 Å². The number of nitrogens with one attached hydrogen (secondary N) is 2. The number of alkyl carbamates (subject to hydrolysis) is 1. The van der Waals surface area contributed by atoms with Crippen molar-refractivity contribution in [3.8, 4) is 0 Å². The number of carbonyl (C=O) groups is 3. The molecule has 2 N–H and O–H groups in total. The minimum absolute atomic E-state index is 0.322. The van der Waals surface area contributed by atoms with Crippen LogP contribution in [-0.4, -0.2) is 25.1 Å². The second-order valence-electron chi connectivity index (χ2n) is 2.77. The van der Waals surface area contributed by atoms with E-state index in [0.717, 1.165) is 7.11 Å². The molecule has 0 unspecified atom stereocenters. The molecule has 0 aliphatic heterocycles. The summed E-state index contributed by atoms with van der Waals surface area (Å²) in [6, 6.07) is 7.22. The fourth-order valence-corrected chi connectivity index (χ4v) is 0.940. The molecular weight excluding hydrogens is 212 g/mol. The number of ether oxygens (including phenoxy) is 1. The number of benzene rings is 1. The lowest BCUT2D eigenvalue weighted by Gasteiger charge is -2.04. The summed E-state index contributed by atoms with van der Waals surface area (Å²) < 4.78 is 4.19. The standard InChI is InChI=1S/C10H10N2O4/c1-16-10(15)12-9(14)11-8(13)7-5-3-2-4-6-7/h2-6H,1H3,(H2,11,12,13,14,15). The molecule has 6 heteroatoms. The van der Waals surface area contributed by atoms with E-state index < -0.39 is 18.0 Å². The van der Waals surface area contributed by atoms with Crippen LogP contribution in [0.3, 0.4) is 0 Å². The molecule has 0 saturated heterocycles. The van der Waals surface area contributed by atoms with Crippen LogP contribution in [-0.2, 0) is 4.74 Å². The van der Waals surface area contributed by atoms with Crippen LogP contribution in [0.25, 0.3) is 0 Å². The maximum Gasteiger partial charge on any atom is 0.415 e. The Labute approximate surface area is 91.6 Å². The minimum atomic E-state index is -0.932. The van der Waals surface area contributed by atoms with Crippen LogP contribution in [0.1, 0.15) is 10.4 Å². The van der Waals surface area contributed by atoms with Gasteiger partial charge in [0.05, 0.1) is 7.11 Å². The highest BCUT2D eigenvalue weighted by Gasteiger charge is 2.11. The normalized spacial score (nSPS) is 9.06. The van der Waals surface area contributed by atoms with Crippen molar-refractivity contribution in [2.45, 2.75) is 0 Å². The maximum absolute atomic E-state index is 11.4. The van der Waals surface area contributed by atoms with Gasteiger partial charge in [0.1, 0.15) is 0 Å². The Morgan fingerprint density at radius 1 is 1.06 bits per heavy atom. The van der Waals surface area contributed by atoms with Gasteiger partial charge in [-0.3, -0.25) is 10.1 Å². The summed E-state index contributed by atoms with van der Waals surface area (Å²) in [7, 11) is 1.11. The first-order chi connectivity index (χ1) is 7.63. The Bertz CT molecular complexity index is 403. The molecule has 1 rings (SSSR count). The molecule has 0 aliphatic carbocycles. The first-order valence-corrected chi connectivity index (χ1v) is 4.39. The lowest BCUT2D eigenvalue weighted by Crippen LogP contribution is -2.42. The Morgan fingerprint density at radius 2 is 1.69 bits per heavy atom. The quantitative estimate of drug-likeness (QED) is 0.739. The van der Waals surface area contributed by atoms with Gasteiger partial charge in [-0.2, -0.15) is 0 Å². The highest BCUT2D eigenvalue weighted by molar-refractivity contribution is 6.06. The largest absolute Gasteiger partial charge is 0.453 e. The van der Waals surface area contributed by atoms with Crippen molar-refractivity contribution in [1.29, 1.82) is 0 Å². The minimum Gasteiger partial charge on any atom is -0.453 e. The van der Waals surface area contributed by atoms with E-state index in [4.69, 9.17) is 0 Å². The van der Waals surface area contributed by atoms with Crippen molar-refractivity contribution < 1.29 is 19.1 Å². The monoisotopic (exact) mass is 222 g/mol. The molecular formula is C10H10N2O4. The average Bonchev–Trinajstić information content (AvgIpc) is 2.29. The van der Waals surface area contributed by atoms with Gasteiger partial charge in [-0.1, -0.05) is 18.2 Å². The highest BCUT2D eigenvalue weighted by atomic mass is 16.5. The molecule has 6 nitrogen and oxygen atoms in total. The number of carbonyl (C=O) groups excluding carboxylic acids is 3. The van der Waals surface area contributed by atoms with Crippen molar-refractivity contribution >= 4 is 18.0 Å². The molecule has 0 fully saturated rings. The Balaban J connectivity index is 2.52. The SMILES string of the molecule is COC(=O)NC(=O)NC(=O)c1ccccc1. The molecule has 0 bridgehead atoms. The van der Waals surface area contributed by atoms with E-state index in [9.17, 15) is 14.4 Å². The van der Waals surface area contributed by atoms with Crippen molar-refractivity contribution in [2.24, 2.45) is 0 Å². The number of amides is 4. The summed E-state index contributed by atoms with van der Waals surface area (Å²) in [4.78, 5) is 33.1. The molecule has 1 aromatic carbocycles. The van der Waals surface area contributed by atoms with Crippen LogP contribution in [0, 0.1) is 0 Å². The van der Waals surface area contributed by atoms with E-state index in [-0.39, 0.29) is 0 Å². The second kappa shape index (κ2) is 5.50. The number of urea groups is 1. The number of hydrogen-bond donors (Lipinski definition) is 2. The molecule has 0 radical (unpaired) electrons. The van der Waals surface area contributed by atoms with Crippen molar-refractivity contribution in [3.05, 3.63) is 35.9 Å². The van der Waals surface area contributed by atoms with Gasteiger partial charge >= 0.3 is 12.1 Å². The summed E-state index contributed by atoms with van der Waals surface area (Å²) in [6.45, 7) is 0. The Hall–Kier alpha value is -2.37. The fourth-order valence-electron chi connectivity index (χ4n) is 0.940. The van der Waals surface area contributed by atoms with Crippen LogP contribution >= 0.6 is 0 Å². The molecule has 16 heavy (non-hydrogen) atoms. The molecule has 4 amide bonds. The zero-order chi connectivity index (χ0) is 12.0. The van der Waals surface area contributed by atoms with Crippen LogP contribution in [0.4, 0.5) is 9.59 Å². The lowest BCUT2D eigenvalue weighted by atomic mass is 10.2. The summed E-state index contributed by atoms with van der Waals surface area (Å²) >= 11 is 0. The molecule has 0 saturated carbocycles. The highest BCUT2D eigenvalue weighted by Crippen LogP contribution is 1.97. The fraction of sp³-hybridized carbons (Fsp3) is 0.100. The van der Waals surface area contributed by atoms with Gasteiger partial charge in [0.15, 0.2) is 0 Å². The molecule has 0 spiro atoms. The van der Waals surface area contributed by atoms with Crippen LogP contribution in [0.5, 0.6) is 0 Å². The van der Waals surface area contributed by atoms with Gasteiger partial charge < -0.3 is 4.74 Å². The zero-order valence-electron chi connectivity index (χ0n) is 8.52. The predicted molar refractivity (Wildman–Crippen MR) is 54.8 cm³/mol. The Kier molecular flexibility index (Phi) is 4.02. The molecule has 0 aromatic heterocycles. The van der Waals surface area contributed by atoms with Crippen molar-refractivity contribution in [3.63, 3.8) is 0 Å². The summed E-state index contributed by atoms with van der Waals surface area (Å²) in [5.74, 6) is -0.595. The topological polar surface area (TPSA) is 84.5 Å². The first kappa shape index (κ1) is 11.7. The molecule has 0 aliphatic rings. The summed E-state index contributed by atoms with van der Waals surface area (Å²) in [5.41, 5.74) is 0.322. The number of rotatable bonds is 1. The maximum atomic E-state index is 11.4. The zero-order valence-corrected chi connectivity index (χ0v) is 8.52. The van der Waals surface area contributed by atoms with Gasteiger partial charge in [0.2, 0.25) is 0 Å². The van der Waals surface area contributed by atoms with Crippen LogP contribution < -0.4 is 10.6 Å². The van der Waals surface area contributed by atoms with Gasteiger partial charge in [-0.15, -0.1) is 0 Å². The van der Waals surface area contributed by atoms with Gasteiger partial charge in [0.25, 0.3) is 5.91 Å². The van der Waals surface area contributed by atoms with E-state index in [1.807, 2.05) is 5.32 Å². The van der Waals surface area contributed by atoms with E-state index in [0.29, 0.717) is 5.56 Å². The smallest absolute Gasteiger partial charge is 0.415 e. The first-order valence-electron chi connectivity index (χ1n) is 4.39. The lowest BCUT2D eigenvalue weighted by molar-refractivity contribution is 0.0964. The predicted octanol–water partition coefficient (Wildman–Crippen LogP) is 0.892. The van der Waals surface area contributed by atoms with E-state index in [2.05, 4.69) is 4.74 Å². The average molecular weight is 222 g/mol. The second-order valence-corrected chi connectivity index (χ2v) is 2.77. The third-order valence-electron chi connectivity index (χ3n) is 1.66. The number of imide groups is 2. The van der Waals surface area contributed by atoms with E-state index in [1.54, 1.807) is 35.6 Å². The van der Waals surface area contributed by atoms with Crippen molar-refractivity contribution in [2.75, 3.05) is 7.11 Å². The van der Waals surface area contributed by atoms with Crippen LogP contribution in [0.2, 0.25) is 0 Å². The number of methoxy groups -OCH3 is 1. The van der Waals surface area contributed by atoms with Gasteiger partial charge in [-0.05, 0) is 12.1 Å². The summed E-state index contributed by atoms with van der Waals surface area (Å²) in [5, 5.41) is 3.77. The summed E-state index contributed by atoms with van der Waals surface area (Å²) in [6.07, 6.45) is -0.932. The Morgan fingerprint density at radius 3 is 2.25 bits per heavy atom. The molecule has 1 aromatic rings. The third kappa shape index (κ3) is 3.41. The number of hydrogen-bond acceptors (Lipinski definition) is 4. The molecule has 84 valence electrons. The third-order valence-corrected chi connectivity index (χ3v) is 1.66. The molecule has 0 heterocycles. The van der Waals surface area contributed by atoms with Gasteiger partial charge in [0, 0.05) is 5.56 Å². The van der Waals surface area contributed by atoms with Crippen LogP contribution in [0.15, 0.2) is 30.3 Å². The van der Waals surface area contributed by atoms with Crippen molar-refractivity contribution in [1.82, 2.24) is 10.6 Å². The molecule has 0 atom stereocenters. The van der Waals surface area contributed by atoms with E-state index in [1.165, 1.54) is 0 Å².